The molecule has 1 fully saturated rings. The van der Waals surface area contributed by atoms with Crippen LogP contribution in [0, 0.1) is 0 Å². The van der Waals surface area contributed by atoms with Crippen LogP contribution >= 0.6 is 0 Å². The van der Waals surface area contributed by atoms with Gasteiger partial charge in [0.1, 0.15) is 11.8 Å². The molecule has 0 aliphatic carbocycles. The van der Waals surface area contributed by atoms with Gasteiger partial charge in [-0.3, -0.25) is 9.59 Å². The molecule has 2 amide bonds. The highest BCUT2D eigenvalue weighted by molar-refractivity contribution is 5.87. The van der Waals surface area contributed by atoms with Crippen LogP contribution in [0.3, 0.4) is 0 Å². The molecule has 0 unspecified atom stereocenters. The number of piperazine rings is 1. The van der Waals surface area contributed by atoms with Gasteiger partial charge in [0.15, 0.2) is 0 Å². The van der Waals surface area contributed by atoms with E-state index in [1.165, 1.54) is 0 Å². The number of carbonyl (C=O) groups excluding carboxylic acids is 2. The summed E-state index contributed by atoms with van der Waals surface area (Å²) in [5.41, 5.74) is 5.39. The summed E-state index contributed by atoms with van der Waals surface area (Å²) in [4.78, 5) is 27.3. The van der Waals surface area contributed by atoms with Crippen molar-refractivity contribution in [3.05, 3.63) is 30.3 Å². The fourth-order valence-electron chi connectivity index (χ4n) is 2.38. The van der Waals surface area contributed by atoms with Crippen molar-refractivity contribution in [3.8, 4) is 5.75 Å². The van der Waals surface area contributed by atoms with Gasteiger partial charge in [0.05, 0.1) is 13.0 Å². The molecule has 1 aliphatic heterocycles. The van der Waals surface area contributed by atoms with Crippen molar-refractivity contribution in [2.75, 3.05) is 33.3 Å². The lowest BCUT2D eigenvalue weighted by atomic mass is 10.1. The Morgan fingerprint density at radius 3 is 2.67 bits per heavy atom. The van der Waals surface area contributed by atoms with Crippen molar-refractivity contribution in [1.29, 1.82) is 0 Å². The Bertz CT molecular complexity index is 492. The summed E-state index contributed by atoms with van der Waals surface area (Å²) < 4.78 is 5.51. The number of hydrogen-bond donors (Lipinski definition) is 1. The fourth-order valence-corrected chi connectivity index (χ4v) is 2.38. The number of nitrogens with zero attached hydrogens (tertiary/aromatic N) is 2. The molecule has 0 spiro atoms. The molecular formula is C15H21N3O3. The van der Waals surface area contributed by atoms with E-state index in [-0.39, 0.29) is 12.3 Å². The first-order chi connectivity index (χ1) is 10.1. The average molecular weight is 291 g/mol. The maximum absolute atomic E-state index is 12.2. The number of para-hydroxylation sites is 1. The third-order valence-electron chi connectivity index (χ3n) is 3.56. The van der Waals surface area contributed by atoms with Gasteiger partial charge in [0, 0.05) is 19.6 Å². The zero-order chi connectivity index (χ0) is 15.2. The molecule has 0 radical (unpaired) electrons. The van der Waals surface area contributed by atoms with Gasteiger partial charge in [-0.25, -0.2) is 0 Å². The van der Waals surface area contributed by atoms with Crippen LogP contribution in [0.2, 0.25) is 0 Å². The normalized spacial score (nSPS) is 19.3. The zero-order valence-corrected chi connectivity index (χ0v) is 12.2. The van der Waals surface area contributed by atoms with Gasteiger partial charge in [-0.1, -0.05) is 18.2 Å². The molecule has 0 bridgehead atoms. The third kappa shape index (κ3) is 4.19. The number of ether oxygens (including phenoxy) is 1. The standard InChI is InChI=1S/C15H21N3O3/c1-17-8-9-18(13(11-17)15(16)20)14(19)7-10-21-12-5-3-2-4-6-12/h2-6,13H,7-11H2,1H3,(H2,16,20)/t13-/m1/s1. The summed E-state index contributed by atoms with van der Waals surface area (Å²) in [6.07, 6.45) is 0.238. The van der Waals surface area contributed by atoms with Gasteiger partial charge < -0.3 is 20.3 Å². The second-order valence-corrected chi connectivity index (χ2v) is 5.18. The fraction of sp³-hybridized carbons (Fsp3) is 0.467. The Balaban J connectivity index is 1.85. The molecule has 1 atom stereocenters. The number of likely N-dealkylation sites (N-methyl/N-ethyl adjacent to an activating group) is 1. The highest BCUT2D eigenvalue weighted by Crippen LogP contribution is 2.12. The summed E-state index contributed by atoms with van der Waals surface area (Å²) in [5, 5.41) is 0. The molecule has 21 heavy (non-hydrogen) atoms. The molecular weight excluding hydrogens is 270 g/mol. The molecule has 6 heteroatoms. The summed E-state index contributed by atoms with van der Waals surface area (Å²) >= 11 is 0. The van der Waals surface area contributed by atoms with E-state index in [9.17, 15) is 9.59 Å². The minimum atomic E-state index is -0.548. The van der Waals surface area contributed by atoms with E-state index < -0.39 is 11.9 Å². The van der Waals surface area contributed by atoms with Crippen LogP contribution in [0.25, 0.3) is 0 Å². The van der Waals surface area contributed by atoms with Crippen LogP contribution in [-0.2, 0) is 9.59 Å². The average Bonchev–Trinajstić information content (AvgIpc) is 2.48. The van der Waals surface area contributed by atoms with Gasteiger partial charge in [-0.15, -0.1) is 0 Å². The van der Waals surface area contributed by atoms with Crippen LogP contribution in [0.1, 0.15) is 6.42 Å². The smallest absolute Gasteiger partial charge is 0.241 e. The quantitative estimate of drug-likeness (QED) is 0.834. The second kappa shape index (κ2) is 7.08. The van der Waals surface area contributed by atoms with E-state index >= 15 is 0 Å². The van der Waals surface area contributed by atoms with Crippen molar-refractivity contribution >= 4 is 11.8 Å². The lowest BCUT2D eigenvalue weighted by molar-refractivity contribution is -0.142. The van der Waals surface area contributed by atoms with Gasteiger partial charge in [0.2, 0.25) is 11.8 Å². The summed E-state index contributed by atoms with van der Waals surface area (Å²) in [6, 6.07) is 8.79. The highest BCUT2D eigenvalue weighted by atomic mass is 16.5. The van der Waals surface area contributed by atoms with Crippen molar-refractivity contribution in [1.82, 2.24) is 9.80 Å². The van der Waals surface area contributed by atoms with Crippen LogP contribution in [0.5, 0.6) is 5.75 Å². The molecule has 2 rings (SSSR count). The maximum Gasteiger partial charge on any atom is 0.241 e. The first-order valence-corrected chi connectivity index (χ1v) is 7.03. The van der Waals surface area contributed by atoms with Crippen LogP contribution < -0.4 is 10.5 Å². The molecule has 114 valence electrons. The van der Waals surface area contributed by atoms with Crippen molar-refractivity contribution in [3.63, 3.8) is 0 Å². The predicted octanol–water partition coefficient (Wildman–Crippen LogP) is 0.0834. The largest absolute Gasteiger partial charge is 0.493 e. The van der Waals surface area contributed by atoms with Crippen molar-refractivity contribution in [2.24, 2.45) is 5.73 Å². The minimum Gasteiger partial charge on any atom is -0.493 e. The Hall–Kier alpha value is -2.08. The SMILES string of the molecule is CN1CCN(C(=O)CCOc2ccccc2)[C@@H](C(N)=O)C1. The number of nitrogens with two attached hydrogens (primary N) is 1. The van der Waals surface area contributed by atoms with E-state index in [0.717, 1.165) is 12.3 Å². The van der Waals surface area contributed by atoms with Gasteiger partial charge >= 0.3 is 0 Å². The van der Waals surface area contributed by atoms with Gasteiger partial charge in [-0.05, 0) is 19.2 Å². The summed E-state index contributed by atoms with van der Waals surface area (Å²) in [6.45, 7) is 2.05. The Morgan fingerprint density at radius 2 is 2.00 bits per heavy atom. The van der Waals surface area contributed by atoms with E-state index in [1.54, 1.807) is 4.90 Å². The lowest BCUT2D eigenvalue weighted by Crippen LogP contribution is -2.59. The number of hydrogen-bond acceptors (Lipinski definition) is 4. The van der Waals surface area contributed by atoms with Crippen LogP contribution in [-0.4, -0.2) is 60.9 Å². The molecule has 2 N–H and O–H groups in total. The predicted molar refractivity (Wildman–Crippen MR) is 78.7 cm³/mol. The molecule has 1 saturated heterocycles. The van der Waals surface area contributed by atoms with Crippen molar-refractivity contribution in [2.45, 2.75) is 12.5 Å². The summed E-state index contributed by atoms with van der Waals surface area (Å²) in [5.74, 6) is 0.178. The lowest BCUT2D eigenvalue weighted by Gasteiger charge is -2.38. The Labute approximate surface area is 124 Å². The molecule has 1 aromatic rings. The van der Waals surface area contributed by atoms with E-state index in [2.05, 4.69) is 0 Å². The number of amides is 2. The topological polar surface area (TPSA) is 75.9 Å². The second-order valence-electron chi connectivity index (χ2n) is 5.18. The molecule has 0 aromatic heterocycles. The monoisotopic (exact) mass is 291 g/mol. The first kappa shape index (κ1) is 15.3. The Kier molecular flexibility index (Phi) is 5.16. The van der Waals surface area contributed by atoms with E-state index in [0.29, 0.717) is 19.7 Å². The number of carbonyl (C=O) groups is 2. The van der Waals surface area contributed by atoms with Crippen LogP contribution in [0.4, 0.5) is 0 Å². The van der Waals surface area contributed by atoms with Crippen LogP contribution in [0.15, 0.2) is 30.3 Å². The summed E-state index contributed by atoms with van der Waals surface area (Å²) in [7, 11) is 1.91. The Morgan fingerprint density at radius 1 is 1.29 bits per heavy atom. The minimum absolute atomic E-state index is 0.0946. The van der Waals surface area contributed by atoms with E-state index in [1.807, 2.05) is 42.3 Å². The number of rotatable bonds is 5. The van der Waals surface area contributed by atoms with Crippen molar-refractivity contribution < 1.29 is 14.3 Å². The third-order valence-corrected chi connectivity index (χ3v) is 3.56. The molecule has 1 aromatic carbocycles. The van der Waals surface area contributed by atoms with E-state index in [4.69, 9.17) is 10.5 Å². The van der Waals surface area contributed by atoms with Gasteiger partial charge in [0.25, 0.3) is 0 Å². The first-order valence-electron chi connectivity index (χ1n) is 7.03. The number of benzene rings is 1. The maximum atomic E-state index is 12.2. The molecule has 1 aliphatic rings. The molecule has 0 saturated carbocycles. The number of primary amides is 1. The zero-order valence-electron chi connectivity index (χ0n) is 12.2. The molecule has 1 heterocycles. The highest BCUT2D eigenvalue weighted by Gasteiger charge is 2.32. The molecule has 6 nitrogen and oxygen atoms in total. The van der Waals surface area contributed by atoms with Gasteiger partial charge in [-0.2, -0.15) is 0 Å².